The van der Waals surface area contributed by atoms with Gasteiger partial charge in [-0.3, -0.25) is 10.7 Å². The number of guanidine groups is 1. The summed E-state index contributed by atoms with van der Waals surface area (Å²) in [6.07, 6.45) is 3.54. The maximum Gasteiger partial charge on any atom is 0.248 e. The first-order valence-electron chi connectivity index (χ1n) is 9.29. The molecule has 0 amide bonds. The van der Waals surface area contributed by atoms with Crippen LogP contribution >= 0.6 is 0 Å². The minimum Gasteiger partial charge on any atom is -0.333 e. The summed E-state index contributed by atoms with van der Waals surface area (Å²) >= 11 is 0. The van der Waals surface area contributed by atoms with E-state index in [1.54, 1.807) is 24.5 Å². The molecule has 1 atom stereocenters. The molecule has 4 rings (SSSR count). The third-order valence-electron chi connectivity index (χ3n) is 5.15. The molecule has 0 spiro atoms. The number of alkyl halides is 2. The number of nitrogens with zero attached hydrogens (tertiary/aromatic N) is 3. The van der Waals surface area contributed by atoms with Crippen LogP contribution in [-0.2, 0) is 0 Å². The van der Waals surface area contributed by atoms with Gasteiger partial charge in [-0.15, -0.1) is 0 Å². The summed E-state index contributed by atoms with van der Waals surface area (Å²) in [6, 6.07) is 13.1. The summed E-state index contributed by atoms with van der Waals surface area (Å²) < 4.78 is 27.3. The van der Waals surface area contributed by atoms with E-state index in [0.717, 1.165) is 11.3 Å². The Bertz CT molecular complexity index is 874. The molecule has 6 nitrogen and oxygen atoms in total. The molecule has 1 saturated carbocycles. The van der Waals surface area contributed by atoms with E-state index in [0.29, 0.717) is 24.6 Å². The first kappa shape index (κ1) is 18.5. The standard InChI is InChI=1S/C20H22F2N6/c21-19(22)10-6-15(7-11-19)20(23)27-17(14-4-2-1-3-5-14)26-18(28-20)25-16-8-12-24-13-9-16/h1-5,8-9,12-13,15H,6-7,10-11,23H2,(H2,24,25,26,27,28). The molecule has 8 heteroatoms. The van der Waals surface area contributed by atoms with E-state index in [-0.39, 0.29) is 18.8 Å². The maximum absolute atomic E-state index is 13.6. The van der Waals surface area contributed by atoms with Gasteiger partial charge in [-0.25, -0.2) is 13.8 Å². The van der Waals surface area contributed by atoms with E-state index >= 15 is 0 Å². The van der Waals surface area contributed by atoms with Gasteiger partial charge in [0.1, 0.15) is 5.84 Å². The van der Waals surface area contributed by atoms with Crippen LogP contribution in [0.2, 0.25) is 0 Å². The Kier molecular flexibility index (Phi) is 4.80. The van der Waals surface area contributed by atoms with Gasteiger partial charge in [0.05, 0.1) is 0 Å². The molecule has 28 heavy (non-hydrogen) atoms. The molecular weight excluding hydrogens is 362 g/mol. The Hall–Kier alpha value is -2.87. The van der Waals surface area contributed by atoms with Crippen molar-refractivity contribution < 1.29 is 8.78 Å². The number of nitrogens with one attached hydrogen (secondary N) is 2. The van der Waals surface area contributed by atoms with E-state index in [9.17, 15) is 8.78 Å². The van der Waals surface area contributed by atoms with Crippen LogP contribution in [0.5, 0.6) is 0 Å². The van der Waals surface area contributed by atoms with Gasteiger partial charge in [0.25, 0.3) is 0 Å². The number of anilines is 1. The van der Waals surface area contributed by atoms with Gasteiger partial charge in [-0.1, -0.05) is 30.3 Å². The molecule has 1 aromatic carbocycles. The van der Waals surface area contributed by atoms with Crippen molar-refractivity contribution in [3.63, 3.8) is 0 Å². The van der Waals surface area contributed by atoms with Crippen LogP contribution in [0.3, 0.4) is 0 Å². The number of rotatable bonds is 3. The van der Waals surface area contributed by atoms with Gasteiger partial charge >= 0.3 is 0 Å². The molecule has 2 aromatic rings. The molecule has 1 aliphatic heterocycles. The summed E-state index contributed by atoms with van der Waals surface area (Å²) in [7, 11) is 0. The lowest BCUT2D eigenvalue weighted by molar-refractivity contribution is -0.0552. The zero-order chi connectivity index (χ0) is 19.6. The molecule has 2 heterocycles. The number of pyridine rings is 1. The van der Waals surface area contributed by atoms with E-state index in [4.69, 9.17) is 5.73 Å². The predicted octanol–water partition coefficient (Wildman–Crippen LogP) is 3.34. The average molecular weight is 384 g/mol. The average Bonchev–Trinajstić information content (AvgIpc) is 2.69. The number of amidine groups is 1. The van der Waals surface area contributed by atoms with Gasteiger partial charge in [0.2, 0.25) is 11.9 Å². The highest BCUT2D eigenvalue weighted by Gasteiger charge is 2.45. The summed E-state index contributed by atoms with van der Waals surface area (Å²) in [5.74, 6) is -3.16. The second kappa shape index (κ2) is 7.27. The van der Waals surface area contributed by atoms with Crippen molar-refractivity contribution in [1.29, 1.82) is 0 Å². The third kappa shape index (κ3) is 4.01. The first-order chi connectivity index (χ1) is 13.4. The molecule has 1 unspecified atom stereocenters. The largest absolute Gasteiger partial charge is 0.333 e. The van der Waals surface area contributed by atoms with E-state index in [2.05, 4.69) is 25.6 Å². The lowest BCUT2D eigenvalue weighted by atomic mass is 9.82. The topological polar surface area (TPSA) is 87.7 Å². The minimum atomic E-state index is -2.63. The van der Waals surface area contributed by atoms with Crippen molar-refractivity contribution in [2.45, 2.75) is 37.4 Å². The highest BCUT2D eigenvalue weighted by atomic mass is 19.3. The molecule has 1 aromatic heterocycles. The molecule has 146 valence electrons. The smallest absolute Gasteiger partial charge is 0.248 e. The Morgan fingerprint density at radius 2 is 1.71 bits per heavy atom. The monoisotopic (exact) mass is 384 g/mol. The second-order valence-electron chi connectivity index (χ2n) is 7.20. The minimum absolute atomic E-state index is 0.182. The number of benzene rings is 1. The Morgan fingerprint density at radius 3 is 2.39 bits per heavy atom. The molecule has 1 aliphatic carbocycles. The number of aliphatic imine (C=N–C) groups is 2. The van der Waals surface area contributed by atoms with Gasteiger partial charge in [0, 0.05) is 42.4 Å². The Balaban J connectivity index is 1.65. The SMILES string of the molecule is NC1(C2CCC(F)(F)CC2)N=C(Nc2ccncc2)N=C(c2ccccc2)N1. The zero-order valence-electron chi connectivity index (χ0n) is 15.3. The second-order valence-corrected chi connectivity index (χ2v) is 7.20. The Morgan fingerprint density at radius 1 is 1.04 bits per heavy atom. The quantitative estimate of drug-likeness (QED) is 0.757. The zero-order valence-corrected chi connectivity index (χ0v) is 15.3. The number of hydrogen-bond acceptors (Lipinski definition) is 6. The van der Waals surface area contributed by atoms with E-state index in [1.165, 1.54) is 0 Å². The first-order valence-corrected chi connectivity index (χ1v) is 9.29. The van der Waals surface area contributed by atoms with Crippen LogP contribution in [-0.4, -0.2) is 28.5 Å². The van der Waals surface area contributed by atoms with E-state index in [1.807, 2.05) is 30.3 Å². The van der Waals surface area contributed by atoms with Gasteiger partial charge in [-0.2, -0.15) is 4.99 Å². The van der Waals surface area contributed by atoms with Crippen LogP contribution < -0.4 is 16.4 Å². The fraction of sp³-hybridized carbons (Fsp3) is 0.350. The van der Waals surface area contributed by atoms with Gasteiger partial charge in [-0.05, 0) is 25.0 Å². The van der Waals surface area contributed by atoms with Crippen molar-refractivity contribution in [2.75, 3.05) is 5.32 Å². The summed E-state index contributed by atoms with van der Waals surface area (Å²) in [5, 5.41) is 6.35. The van der Waals surface area contributed by atoms with Crippen molar-refractivity contribution in [3.05, 3.63) is 60.4 Å². The summed E-state index contributed by atoms with van der Waals surface area (Å²) in [4.78, 5) is 13.1. The molecule has 1 fully saturated rings. The van der Waals surface area contributed by atoms with Gasteiger partial charge in [0.15, 0.2) is 5.79 Å². The van der Waals surface area contributed by atoms with Crippen molar-refractivity contribution in [3.8, 4) is 0 Å². The fourth-order valence-corrected chi connectivity index (χ4v) is 3.58. The molecule has 2 aliphatic rings. The number of aromatic nitrogens is 1. The summed E-state index contributed by atoms with van der Waals surface area (Å²) in [6.45, 7) is 0. The lowest BCUT2D eigenvalue weighted by Gasteiger charge is -2.41. The predicted molar refractivity (Wildman–Crippen MR) is 105 cm³/mol. The van der Waals surface area contributed by atoms with Crippen molar-refractivity contribution in [2.24, 2.45) is 21.6 Å². The number of nitrogens with two attached hydrogens (primary N) is 1. The maximum atomic E-state index is 13.6. The lowest BCUT2D eigenvalue weighted by Crippen LogP contribution is -2.63. The third-order valence-corrected chi connectivity index (χ3v) is 5.15. The normalized spacial score (nSPS) is 24.7. The Labute approximate surface area is 162 Å². The van der Waals surface area contributed by atoms with E-state index < -0.39 is 11.7 Å². The molecule has 0 bridgehead atoms. The number of hydrogen-bond donors (Lipinski definition) is 3. The highest BCUT2D eigenvalue weighted by Crippen LogP contribution is 2.40. The van der Waals surface area contributed by atoms with Crippen LogP contribution in [0.4, 0.5) is 14.5 Å². The van der Waals surface area contributed by atoms with Crippen LogP contribution in [0.1, 0.15) is 31.2 Å². The van der Waals surface area contributed by atoms with Crippen molar-refractivity contribution >= 4 is 17.5 Å². The molecular formula is C20H22F2N6. The highest BCUT2D eigenvalue weighted by molar-refractivity contribution is 6.10. The fourth-order valence-electron chi connectivity index (χ4n) is 3.58. The molecule has 0 saturated heterocycles. The van der Waals surface area contributed by atoms with Crippen LogP contribution in [0.15, 0.2) is 64.8 Å². The number of halogens is 2. The van der Waals surface area contributed by atoms with Crippen LogP contribution in [0, 0.1) is 5.92 Å². The summed E-state index contributed by atoms with van der Waals surface area (Å²) in [5.41, 5.74) is 8.23. The van der Waals surface area contributed by atoms with Crippen LogP contribution in [0.25, 0.3) is 0 Å². The van der Waals surface area contributed by atoms with Gasteiger partial charge < -0.3 is 10.6 Å². The molecule has 4 N–H and O–H groups in total. The molecule has 0 radical (unpaired) electrons. The van der Waals surface area contributed by atoms with Crippen molar-refractivity contribution in [1.82, 2.24) is 10.3 Å².